The molecule has 0 saturated heterocycles. The van der Waals surface area contributed by atoms with Crippen molar-refractivity contribution in [2.24, 2.45) is 0 Å². The second-order valence-corrected chi connectivity index (χ2v) is 7.12. The van der Waals surface area contributed by atoms with Gasteiger partial charge in [0.1, 0.15) is 0 Å². The van der Waals surface area contributed by atoms with E-state index in [1.165, 1.54) is 30.4 Å². The molecule has 1 aromatic carbocycles. The SMILES string of the molecule is Cc1ccc(Cn2nc(C)c(NC(=O)NC3CCCCC3)c2C)cc1. The van der Waals surface area contributed by atoms with Gasteiger partial charge in [0.25, 0.3) is 0 Å². The van der Waals surface area contributed by atoms with E-state index in [9.17, 15) is 4.79 Å². The summed E-state index contributed by atoms with van der Waals surface area (Å²) in [5.41, 5.74) is 5.11. The van der Waals surface area contributed by atoms with E-state index >= 15 is 0 Å². The minimum Gasteiger partial charge on any atom is -0.335 e. The van der Waals surface area contributed by atoms with Gasteiger partial charge in [0.15, 0.2) is 0 Å². The van der Waals surface area contributed by atoms with Crippen LogP contribution in [0.3, 0.4) is 0 Å². The van der Waals surface area contributed by atoms with Crippen LogP contribution in [0.2, 0.25) is 0 Å². The van der Waals surface area contributed by atoms with Gasteiger partial charge in [0.05, 0.1) is 23.6 Å². The summed E-state index contributed by atoms with van der Waals surface area (Å²) in [7, 11) is 0. The molecule has 1 saturated carbocycles. The van der Waals surface area contributed by atoms with Crippen molar-refractivity contribution >= 4 is 11.7 Å². The van der Waals surface area contributed by atoms with Crippen LogP contribution >= 0.6 is 0 Å². The molecule has 2 N–H and O–H groups in total. The first-order chi connectivity index (χ1) is 12.0. The van der Waals surface area contributed by atoms with Crippen molar-refractivity contribution in [2.45, 2.75) is 65.5 Å². The second kappa shape index (κ2) is 7.72. The molecule has 0 aliphatic heterocycles. The van der Waals surface area contributed by atoms with E-state index in [4.69, 9.17) is 0 Å². The predicted molar refractivity (Wildman–Crippen MR) is 101 cm³/mol. The zero-order valence-corrected chi connectivity index (χ0v) is 15.4. The van der Waals surface area contributed by atoms with Gasteiger partial charge in [-0.3, -0.25) is 4.68 Å². The van der Waals surface area contributed by atoms with Crippen LogP contribution < -0.4 is 10.6 Å². The molecular weight excluding hydrogens is 312 g/mol. The average molecular weight is 340 g/mol. The molecule has 0 radical (unpaired) electrons. The molecule has 3 rings (SSSR count). The third kappa shape index (κ3) is 4.41. The van der Waals surface area contributed by atoms with Crippen LogP contribution in [-0.2, 0) is 6.54 Å². The van der Waals surface area contributed by atoms with Gasteiger partial charge in [-0.1, -0.05) is 49.1 Å². The molecule has 1 aliphatic carbocycles. The van der Waals surface area contributed by atoms with Crippen molar-refractivity contribution < 1.29 is 4.79 Å². The van der Waals surface area contributed by atoms with Crippen LogP contribution in [0, 0.1) is 20.8 Å². The Bertz CT molecular complexity index is 727. The number of nitrogens with zero attached hydrogens (tertiary/aromatic N) is 2. The molecule has 2 amide bonds. The highest BCUT2D eigenvalue weighted by atomic mass is 16.2. The van der Waals surface area contributed by atoms with Gasteiger partial charge in [-0.05, 0) is 39.2 Å². The highest BCUT2D eigenvalue weighted by molar-refractivity contribution is 5.90. The maximum Gasteiger partial charge on any atom is 0.319 e. The number of benzene rings is 1. The molecule has 25 heavy (non-hydrogen) atoms. The quantitative estimate of drug-likeness (QED) is 0.871. The van der Waals surface area contributed by atoms with Gasteiger partial charge < -0.3 is 10.6 Å². The van der Waals surface area contributed by atoms with Gasteiger partial charge in [0, 0.05) is 6.04 Å². The smallest absolute Gasteiger partial charge is 0.319 e. The number of aryl methyl sites for hydroxylation is 2. The van der Waals surface area contributed by atoms with Crippen LogP contribution in [-0.4, -0.2) is 21.9 Å². The van der Waals surface area contributed by atoms with E-state index in [1.54, 1.807) is 0 Å². The maximum absolute atomic E-state index is 12.3. The summed E-state index contributed by atoms with van der Waals surface area (Å²) in [5.74, 6) is 0. The first-order valence-electron chi connectivity index (χ1n) is 9.20. The first-order valence-corrected chi connectivity index (χ1v) is 9.20. The number of rotatable bonds is 4. The molecule has 1 heterocycles. The molecular formula is C20H28N4O. The Hall–Kier alpha value is -2.30. The Morgan fingerprint density at radius 3 is 2.48 bits per heavy atom. The fraction of sp³-hybridized carbons (Fsp3) is 0.500. The van der Waals surface area contributed by atoms with Crippen molar-refractivity contribution in [3.05, 3.63) is 46.8 Å². The number of carbonyl (C=O) groups excluding carboxylic acids is 1. The van der Waals surface area contributed by atoms with Gasteiger partial charge >= 0.3 is 6.03 Å². The van der Waals surface area contributed by atoms with E-state index in [-0.39, 0.29) is 6.03 Å². The summed E-state index contributed by atoms with van der Waals surface area (Å²) in [6.45, 7) is 6.73. The van der Waals surface area contributed by atoms with Crippen LogP contribution in [0.5, 0.6) is 0 Å². The van der Waals surface area contributed by atoms with E-state index in [0.717, 1.165) is 29.9 Å². The van der Waals surface area contributed by atoms with Crippen molar-refractivity contribution in [3.63, 3.8) is 0 Å². The normalized spacial score (nSPS) is 15.2. The lowest BCUT2D eigenvalue weighted by atomic mass is 9.96. The number of amides is 2. The molecule has 0 bridgehead atoms. The fourth-order valence-electron chi connectivity index (χ4n) is 3.48. The predicted octanol–water partition coefficient (Wildman–Crippen LogP) is 4.31. The largest absolute Gasteiger partial charge is 0.335 e. The third-order valence-corrected chi connectivity index (χ3v) is 5.01. The molecule has 0 spiro atoms. The second-order valence-electron chi connectivity index (χ2n) is 7.12. The summed E-state index contributed by atoms with van der Waals surface area (Å²) < 4.78 is 1.95. The number of hydrogen-bond donors (Lipinski definition) is 2. The summed E-state index contributed by atoms with van der Waals surface area (Å²) >= 11 is 0. The molecule has 0 unspecified atom stereocenters. The number of urea groups is 1. The molecule has 0 atom stereocenters. The zero-order valence-electron chi connectivity index (χ0n) is 15.4. The Labute approximate surface area is 149 Å². The van der Waals surface area contributed by atoms with Gasteiger partial charge in [-0.2, -0.15) is 5.10 Å². The van der Waals surface area contributed by atoms with Gasteiger partial charge in [0.2, 0.25) is 0 Å². The molecule has 2 aromatic rings. The lowest BCUT2D eigenvalue weighted by Gasteiger charge is -2.22. The lowest BCUT2D eigenvalue weighted by Crippen LogP contribution is -2.39. The molecule has 1 aromatic heterocycles. The van der Waals surface area contributed by atoms with E-state index in [1.807, 2.05) is 18.5 Å². The summed E-state index contributed by atoms with van der Waals surface area (Å²) in [6.07, 6.45) is 5.86. The van der Waals surface area contributed by atoms with Crippen LogP contribution in [0.25, 0.3) is 0 Å². The summed E-state index contributed by atoms with van der Waals surface area (Å²) in [6, 6.07) is 8.64. The topological polar surface area (TPSA) is 59.0 Å². The molecule has 134 valence electrons. The third-order valence-electron chi connectivity index (χ3n) is 5.01. The minimum absolute atomic E-state index is 0.118. The summed E-state index contributed by atoms with van der Waals surface area (Å²) in [4.78, 5) is 12.3. The van der Waals surface area contributed by atoms with Crippen molar-refractivity contribution in [3.8, 4) is 0 Å². The van der Waals surface area contributed by atoms with Crippen LogP contribution in [0.1, 0.15) is 54.6 Å². The Morgan fingerprint density at radius 2 is 1.80 bits per heavy atom. The molecule has 1 aliphatic rings. The Balaban J connectivity index is 1.66. The van der Waals surface area contributed by atoms with Gasteiger partial charge in [-0.15, -0.1) is 0 Å². The average Bonchev–Trinajstić information content (AvgIpc) is 2.85. The van der Waals surface area contributed by atoms with Crippen LogP contribution in [0.15, 0.2) is 24.3 Å². The minimum atomic E-state index is -0.118. The Morgan fingerprint density at radius 1 is 1.12 bits per heavy atom. The molecule has 1 fully saturated rings. The van der Waals surface area contributed by atoms with Crippen molar-refractivity contribution in [2.75, 3.05) is 5.32 Å². The highest BCUT2D eigenvalue weighted by Crippen LogP contribution is 2.21. The van der Waals surface area contributed by atoms with Crippen molar-refractivity contribution in [1.29, 1.82) is 0 Å². The number of nitrogens with one attached hydrogen (secondary N) is 2. The highest BCUT2D eigenvalue weighted by Gasteiger charge is 2.18. The monoisotopic (exact) mass is 340 g/mol. The standard InChI is InChI=1S/C20H28N4O/c1-14-9-11-17(12-10-14)13-24-16(3)19(15(2)23-24)22-20(25)21-18-7-5-4-6-8-18/h9-12,18H,4-8,13H2,1-3H3,(H2,21,22,25). The van der Waals surface area contributed by atoms with Crippen LogP contribution in [0.4, 0.5) is 10.5 Å². The number of aromatic nitrogens is 2. The summed E-state index contributed by atoms with van der Waals surface area (Å²) in [5, 5.41) is 10.7. The number of anilines is 1. The first kappa shape index (κ1) is 17.5. The number of carbonyl (C=O) groups is 1. The zero-order chi connectivity index (χ0) is 17.8. The molecule has 5 heteroatoms. The van der Waals surface area contributed by atoms with Gasteiger partial charge in [-0.25, -0.2) is 4.79 Å². The molecule has 5 nitrogen and oxygen atoms in total. The van der Waals surface area contributed by atoms with E-state index in [2.05, 4.69) is 46.9 Å². The van der Waals surface area contributed by atoms with E-state index in [0.29, 0.717) is 12.6 Å². The number of hydrogen-bond acceptors (Lipinski definition) is 2. The maximum atomic E-state index is 12.3. The lowest BCUT2D eigenvalue weighted by molar-refractivity contribution is 0.244. The Kier molecular flexibility index (Phi) is 5.41. The van der Waals surface area contributed by atoms with E-state index < -0.39 is 0 Å². The fourth-order valence-corrected chi connectivity index (χ4v) is 3.48. The van der Waals surface area contributed by atoms with Crippen molar-refractivity contribution in [1.82, 2.24) is 15.1 Å².